The lowest BCUT2D eigenvalue weighted by atomic mass is 9.85. The average Bonchev–Trinajstić information content (AvgIpc) is 3.60. The second-order valence-corrected chi connectivity index (χ2v) is 15.9. The number of aliphatic hydroxyl groups is 1. The number of nitrogens with one attached hydrogen (secondary N) is 2. The maximum atomic E-state index is 13.9. The number of β-amino-alcohol motifs (C(OH)–C–C–N with tert-alkyl or cyclic N) is 1. The van der Waals surface area contributed by atoms with Gasteiger partial charge in [-0.25, -0.2) is 4.98 Å². The highest BCUT2D eigenvalue weighted by Crippen LogP contribution is 2.29. The Bertz CT molecular complexity index is 1380. The number of likely N-dealkylation sites (tertiary alicyclic amines) is 1. The number of ether oxygens (including phenoxy) is 1. The molecule has 4 atom stereocenters. The lowest BCUT2D eigenvalue weighted by Crippen LogP contribution is -2.57. The summed E-state index contributed by atoms with van der Waals surface area (Å²) in [6, 6.07) is 5.98. The largest absolute Gasteiger partial charge is 0.460 e. The van der Waals surface area contributed by atoms with Crippen LogP contribution in [0, 0.1) is 12.3 Å². The molecular formula is C37H56N4O6S. The third kappa shape index (κ3) is 12.0. The number of aryl methyl sites for hydroxylation is 1. The predicted molar refractivity (Wildman–Crippen MR) is 189 cm³/mol. The molecule has 4 unspecified atom stereocenters. The first kappa shape index (κ1) is 39.1. The van der Waals surface area contributed by atoms with Gasteiger partial charge in [-0.15, -0.1) is 11.3 Å². The smallest absolute Gasteiger partial charge is 0.306 e. The van der Waals surface area contributed by atoms with Crippen LogP contribution in [0.2, 0.25) is 0 Å². The minimum absolute atomic E-state index is 0.0323. The lowest BCUT2D eigenvalue weighted by Gasteiger charge is -2.35. The van der Waals surface area contributed by atoms with Gasteiger partial charge in [0.25, 0.3) is 0 Å². The number of aliphatic hydroxyl groups excluding tert-OH is 1. The quantitative estimate of drug-likeness (QED) is 0.149. The highest BCUT2D eigenvalue weighted by Gasteiger charge is 2.44. The van der Waals surface area contributed by atoms with Crippen molar-refractivity contribution in [3.05, 3.63) is 41.0 Å². The molecule has 2 heterocycles. The molecule has 2 aromatic rings. The highest BCUT2D eigenvalue weighted by atomic mass is 32.1. The van der Waals surface area contributed by atoms with Gasteiger partial charge in [0.2, 0.25) is 17.7 Å². The monoisotopic (exact) mass is 684 g/mol. The summed E-state index contributed by atoms with van der Waals surface area (Å²) in [7, 11) is 0. The summed E-state index contributed by atoms with van der Waals surface area (Å²) in [4.78, 5) is 59.1. The summed E-state index contributed by atoms with van der Waals surface area (Å²) in [6.07, 6.45) is 5.24. The minimum atomic E-state index is -0.848. The van der Waals surface area contributed by atoms with Crippen LogP contribution >= 0.6 is 11.3 Å². The number of hydrogen-bond acceptors (Lipinski definition) is 8. The van der Waals surface area contributed by atoms with Gasteiger partial charge in [0.1, 0.15) is 17.7 Å². The van der Waals surface area contributed by atoms with E-state index in [1.165, 1.54) is 4.90 Å². The van der Waals surface area contributed by atoms with Crippen molar-refractivity contribution in [3.63, 3.8) is 0 Å². The Morgan fingerprint density at radius 1 is 0.958 bits per heavy atom. The standard InChI is InChI=1S/C37H56N4O6S/c1-24(26-17-19-27(20-18-26)32-25(2)38-23-48-32)39-34(45)29-21-28(42)22-41(29)35(46)33(36(3,4)5)40-30(43)15-13-11-9-10-12-14-16-31(44)47-37(6,7)8/h17-20,23-24,28-29,33,42H,9-16,21-22H2,1-8H3,(H,39,45)(H,40,43). The molecule has 0 spiro atoms. The van der Waals surface area contributed by atoms with Crippen molar-refractivity contribution < 1.29 is 29.0 Å². The predicted octanol–water partition coefficient (Wildman–Crippen LogP) is 6.25. The molecule has 0 aliphatic carbocycles. The van der Waals surface area contributed by atoms with E-state index in [0.29, 0.717) is 19.3 Å². The van der Waals surface area contributed by atoms with E-state index in [-0.39, 0.29) is 42.7 Å². The van der Waals surface area contributed by atoms with E-state index < -0.39 is 29.2 Å². The van der Waals surface area contributed by atoms with Gasteiger partial charge in [-0.1, -0.05) is 70.7 Å². The van der Waals surface area contributed by atoms with E-state index in [2.05, 4.69) is 15.6 Å². The van der Waals surface area contributed by atoms with Crippen molar-refractivity contribution in [2.24, 2.45) is 5.41 Å². The van der Waals surface area contributed by atoms with Gasteiger partial charge in [-0.2, -0.15) is 0 Å². The first-order valence-corrected chi connectivity index (χ1v) is 18.1. The number of carbonyl (C=O) groups is 4. The highest BCUT2D eigenvalue weighted by molar-refractivity contribution is 7.13. The van der Waals surface area contributed by atoms with Crippen LogP contribution in [-0.2, 0) is 23.9 Å². The van der Waals surface area contributed by atoms with Gasteiger partial charge in [-0.05, 0) is 64.0 Å². The van der Waals surface area contributed by atoms with E-state index >= 15 is 0 Å². The number of carbonyl (C=O) groups excluding carboxylic acids is 4. The molecule has 1 fully saturated rings. The number of benzene rings is 1. The number of aromatic nitrogens is 1. The zero-order chi connectivity index (χ0) is 35.6. The number of amides is 3. The van der Waals surface area contributed by atoms with E-state index in [9.17, 15) is 24.3 Å². The van der Waals surface area contributed by atoms with Crippen LogP contribution < -0.4 is 10.6 Å². The van der Waals surface area contributed by atoms with Gasteiger partial charge < -0.3 is 25.4 Å². The number of esters is 1. The van der Waals surface area contributed by atoms with Crippen molar-refractivity contribution in [2.45, 2.75) is 143 Å². The molecule has 1 saturated heterocycles. The molecule has 1 aliphatic heterocycles. The molecule has 10 nitrogen and oxygen atoms in total. The molecule has 0 radical (unpaired) electrons. The summed E-state index contributed by atoms with van der Waals surface area (Å²) >= 11 is 1.58. The Morgan fingerprint density at radius 2 is 1.56 bits per heavy atom. The molecule has 3 rings (SSSR count). The van der Waals surface area contributed by atoms with Crippen LogP contribution in [0.15, 0.2) is 29.8 Å². The summed E-state index contributed by atoms with van der Waals surface area (Å²) in [5, 5.41) is 16.5. The molecular weight excluding hydrogens is 628 g/mol. The average molecular weight is 685 g/mol. The zero-order valence-corrected chi connectivity index (χ0v) is 30.9. The van der Waals surface area contributed by atoms with Gasteiger partial charge in [0, 0.05) is 25.8 Å². The number of nitrogens with zero attached hydrogens (tertiary/aromatic N) is 2. The molecule has 0 saturated carbocycles. The fourth-order valence-corrected chi connectivity index (χ4v) is 6.71. The van der Waals surface area contributed by atoms with Crippen LogP contribution in [0.4, 0.5) is 0 Å². The van der Waals surface area contributed by atoms with Crippen molar-refractivity contribution in [2.75, 3.05) is 6.54 Å². The molecule has 48 heavy (non-hydrogen) atoms. The van der Waals surface area contributed by atoms with E-state index in [4.69, 9.17) is 4.74 Å². The maximum absolute atomic E-state index is 13.9. The molecule has 0 bridgehead atoms. The van der Waals surface area contributed by atoms with E-state index in [0.717, 1.165) is 53.8 Å². The summed E-state index contributed by atoms with van der Waals surface area (Å²) in [5.41, 5.74) is 3.71. The lowest BCUT2D eigenvalue weighted by molar-refractivity contribution is -0.155. The van der Waals surface area contributed by atoms with E-state index in [1.54, 1.807) is 11.3 Å². The summed E-state index contributed by atoms with van der Waals surface area (Å²) in [6.45, 7) is 15.1. The van der Waals surface area contributed by atoms with Crippen molar-refractivity contribution in [1.29, 1.82) is 0 Å². The van der Waals surface area contributed by atoms with E-state index in [1.807, 2.05) is 85.2 Å². The summed E-state index contributed by atoms with van der Waals surface area (Å²) < 4.78 is 5.34. The van der Waals surface area contributed by atoms with Crippen LogP contribution in [0.25, 0.3) is 10.4 Å². The normalized spacial score (nSPS) is 17.9. The molecule has 3 N–H and O–H groups in total. The fraction of sp³-hybridized carbons (Fsp3) is 0.649. The molecule has 1 aromatic carbocycles. The Labute approximate surface area is 290 Å². The van der Waals surface area contributed by atoms with Gasteiger partial charge in [0.05, 0.1) is 28.2 Å². The zero-order valence-electron chi connectivity index (χ0n) is 30.1. The minimum Gasteiger partial charge on any atom is -0.460 e. The summed E-state index contributed by atoms with van der Waals surface area (Å²) in [5.74, 6) is -1.08. The van der Waals surface area contributed by atoms with Crippen molar-refractivity contribution in [3.8, 4) is 10.4 Å². The first-order valence-electron chi connectivity index (χ1n) is 17.3. The fourth-order valence-electron chi connectivity index (χ4n) is 5.90. The number of unbranched alkanes of at least 4 members (excludes halogenated alkanes) is 5. The molecule has 266 valence electrons. The third-order valence-corrected chi connectivity index (χ3v) is 9.49. The topological polar surface area (TPSA) is 138 Å². The van der Waals surface area contributed by atoms with Crippen LogP contribution in [0.1, 0.15) is 124 Å². The van der Waals surface area contributed by atoms with Gasteiger partial charge in [0.15, 0.2) is 0 Å². The second kappa shape index (κ2) is 17.4. The maximum Gasteiger partial charge on any atom is 0.306 e. The third-order valence-electron chi connectivity index (χ3n) is 8.51. The number of rotatable bonds is 15. The van der Waals surface area contributed by atoms with Crippen LogP contribution in [-0.4, -0.2) is 69.0 Å². The second-order valence-electron chi connectivity index (χ2n) is 15.1. The van der Waals surface area contributed by atoms with Crippen molar-refractivity contribution in [1.82, 2.24) is 20.5 Å². The Morgan fingerprint density at radius 3 is 2.12 bits per heavy atom. The molecule has 1 aromatic heterocycles. The molecule has 1 aliphatic rings. The SMILES string of the molecule is Cc1ncsc1-c1ccc(C(C)NC(=O)C2CC(O)CN2C(=O)C(NC(=O)CCCCCCCCC(=O)OC(C)(C)C)C(C)(C)C)cc1. The Hall–Kier alpha value is -3.31. The Kier molecular flexibility index (Phi) is 14.2. The van der Waals surface area contributed by atoms with Crippen LogP contribution in [0.5, 0.6) is 0 Å². The molecule has 3 amide bonds. The van der Waals surface area contributed by atoms with Gasteiger partial charge >= 0.3 is 5.97 Å². The number of hydrogen-bond donors (Lipinski definition) is 3. The van der Waals surface area contributed by atoms with Gasteiger partial charge in [-0.3, -0.25) is 19.2 Å². The first-order chi connectivity index (χ1) is 22.5. The number of thiazole rings is 1. The molecule has 11 heteroatoms. The van der Waals surface area contributed by atoms with Crippen LogP contribution in [0.3, 0.4) is 0 Å². The van der Waals surface area contributed by atoms with Crippen molar-refractivity contribution >= 4 is 35.0 Å². The Balaban J connectivity index is 1.50.